The zero-order chi connectivity index (χ0) is 26.2. The quantitative estimate of drug-likeness (QED) is 0.519. The van der Waals surface area contributed by atoms with Gasteiger partial charge in [0.05, 0.1) is 18.6 Å². The van der Waals surface area contributed by atoms with E-state index in [2.05, 4.69) is 32.0 Å². The van der Waals surface area contributed by atoms with Crippen LogP contribution in [0.25, 0.3) is 0 Å². The maximum Gasteiger partial charge on any atom is 0.243 e. The number of methoxy groups -OCH3 is 1. The van der Waals surface area contributed by atoms with E-state index in [1.54, 1.807) is 31.4 Å². The molecular formula is C29H38N2O5S. The number of hydrogen-bond acceptors (Lipinski definition) is 5. The van der Waals surface area contributed by atoms with E-state index in [0.29, 0.717) is 38.3 Å². The topological polar surface area (TPSA) is 76.2 Å². The zero-order valence-corrected chi connectivity index (χ0v) is 22.9. The Kier molecular flexibility index (Phi) is 7.24. The lowest BCUT2D eigenvalue weighted by molar-refractivity contribution is -0.139. The van der Waals surface area contributed by atoms with E-state index in [9.17, 15) is 13.2 Å². The molecule has 2 fully saturated rings. The second-order valence-electron chi connectivity index (χ2n) is 11.4. The normalized spacial score (nSPS) is 21.9. The van der Waals surface area contributed by atoms with Crippen molar-refractivity contribution in [2.75, 3.05) is 20.3 Å². The molecule has 8 heteroatoms. The molecule has 1 saturated carbocycles. The molecular weight excluding hydrogens is 488 g/mol. The largest absolute Gasteiger partial charge is 0.497 e. The summed E-state index contributed by atoms with van der Waals surface area (Å²) in [6.07, 6.45) is 6.08. The summed E-state index contributed by atoms with van der Waals surface area (Å²) >= 11 is 0. The van der Waals surface area contributed by atoms with Crippen LogP contribution in [0.15, 0.2) is 47.4 Å². The van der Waals surface area contributed by atoms with Crippen LogP contribution in [-0.2, 0) is 27.8 Å². The van der Waals surface area contributed by atoms with Crippen molar-refractivity contribution in [2.45, 2.75) is 82.3 Å². The minimum atomic E-state index is -3.81. The Morgan fingerprint density at radius 1 is 1.11 bits per heavy atom. The zero-order valence-electron chi connectivity index (χ0n) is 22.1. The van der Waals surface area contributed by atoms with Crippen molar-refractivity contribution in [1.82, 2.24) is 9.21 Å². The minimum absolute atomic E-state index is 0.0827. The third-order valence-corrected chi connectivity index (χ3v) is 10.2. The highest BCUT2D eigenvalue weighted by atomic mass is 32.2. The van der Waals surface area contributed by atoms with Crippen molar-refractivity contribution < 1.29 is 22.7 Å². The number of rotatable bonds is 7. The molecule has 1 saturated heterocycles. The molecule has 5 rings (SSSR count). The van der Waals surface area contributed by atoms with Crippen LogP contribution in [0.4, 0.5) is 0 Å². The molecule has 2 aliphatic heterocycles. The fraction of sp³-hybridized carbons (Fsp3) is 0.552. The number of nitrogens with zero attached hydrogens (tertiary/aromatic N) is 2. The maximum absolute atomic E-state index is 14.2. The molecule has 7 nitrogen and oxygen atoms in total. The van der Waals surface area contributed by atoms with Gasteiger partial charge in [0.25, 0.3) is 0 Å². The van der Waals surface area contributed by atoms with E-state index >= 15 is 0 Å². The van der Waals surface area contributed by atoms with Crippen molar-refractivity contribution in [3.63, 3.8) is 0 Å². The number of carbonyl (C=O) groups is 1. The average molecular weight is 527 g/mol. The SMILES string of the molecule is COc1ccc(S(=O)(=O)N2CCC[C@H]2C(=O)N(Cc2ccc3c(c2)OCC3)C2CCC(C)(C)CC2)cc1. The van der Waals surface area contributed by atoms with Crippen molar-refractivity contribution in [3.8, 4) is 11.5 Å². The molecule has 0 unspecified atom stereocenters. The monoisotopic (exact) mass is 526 g/mol. The molecule has 2 heterocycles. The van der Waals surface area contributed by atoms with Crippen molar-refractivity contribution in [3.05, 3.63) is 53.6 Å². The van der Waals surface area contributed by atoms with Crippen molar-refractivity contribution >= 4 is 15.9 Å². The summed E-state index contributed by atoms with van der Waals surface area (Å²) in [7, 11) is -2.26. The molecule has 0 spiro atoms. The molecule has 1 amide bonds. The van der Waals surface area contributed by atoms with Gasteiger partial charge < -0.3 is 14.4 Å². The van der Waals surface area contributed by atoms with Crippen LogP contribution in [0.3, 0.4) is 0 Å². The first-order chi connectivity index (χ1) is 17.7. The fourth-order valence-electron chi connectivity index (χ4n) is 5.94. The summed E-state index contributed by atoms with van der Waals surface area (Å²) in [4.78, 5) is 16.4. The number of hydrogen-bond donors (Lipinski definition) is 0. The van der Waals surface area contributed by atoms with Crippen LogP contribution in [0, 0.1) is 5.41 Å². The van der Waals surface area contributed by atoms with Crippen LogP contribution in [0.2, 0.25) is 0 Å². The van der Waals surface area contributed by atoms with E-state index in [-0.39, 0.29) is 22.3 Å². The lowest BCUT2D eigenvalue weighted by Gasteiger charge is -2.41. The van der Waals surface area contributed by atoms with Gasteiger partial charge in [-0.3, -0.25) is 4.79 Å². The highest BCUT2D eigenvalue weighted by Gasteiger charge is 2.43. The van der Waals surface area contributed by atoms with Gasteiger partial charge in [0, 0.05) is 25.6 Å². The molecule has 0 bridgehead atoms. The molecule has 37 heavy (non-hydrogen) atoms. The maximum atomic E-state index is 14.2. The van der Waals surface area contributed by atoms with E-state index in [1.165, 1.54) is 9.87 Å². The number of carbonyl (C=O) groups excluding carboxylic acids is 1. The highest BCUT2D eigenvalue weighted by molar-refractivity contribution is 7.89. The number of sulfonamides is 1. The standard InChI is InChI=1S/C29H38N2O5S/c1-29(2)15-12-23(13-16-29)30(20-21-6-7-22-14-18-36-27(22)19-21)28(32)26-5-4-17-31(26)37(33,34)25-10-8-24(35-3)9-11-25/h6-11,19,23,26H,4-5,12-18,20H2,1-3H3/t26-/m0/s1. The van der Waals surface area contributed by atoms with Crippen LogP contribution < -0.4 is 9.47 Å². The van der Waals surface area contributed by atoms with Gasteiger partial charge in [0.2, 0.25) is 15.9 Å². The predicted octanol–water partition coefficient (Wildman–Crippen LogP) is 4.78. The molecule has 0 N–H and O–H groups in total. The Morgan fingerprint density at radius 3 is 2.54 bits per heavy atom. The van der Waals surface area contributed by atoms with E-state index in [1.807, 2.05) is 4.90 Å². The first-order valence-electron chi connectivity index (χ1n) is 13.4. The van der Waals surface area contributed by atoms with Gasteiger partial charge in [-0.05, 0) is 85.4 Å². The summed E-state index contributed by atoms with van der Waals surface area (Å²) in [6, 6.07) is 12.0. The summed E-state index contributed by atoms with van der Waals surface area (Å²) in [5.74, 6) is 1.41. The molecule has 2 aromatic carbocycles. The van der Waals surface area contributed by atoms with Gasteiger partial charge in [-0.1, -0.05) is 26.0 Å². The van der Waals surface area contributed by atoms with Crippen molar-refractivity contribution in [2.24, 2.45) is 5.41 Å². The molecule has 2 aromatic rings. The van der Waals surface area contributed by atoms with Crippen LogP contribution in [0.5, 0.6) is 11.5 Å². The predicted molar refractivity (Wildman–Crippen MR) is 142 cm³/mol. The number of amides is 1. The molecule has 0 radical (unpaired) electrons. The third kappa shape index (κ3) is 5.36. The Balaban J connectivity index is 1.42. The lowest BCUT2D eigenvalue weighted by atomic mass is 9.75. The van der Waals surface area contributed by atoms with Gasteiger partial charge in [0.15, 0.2) is 0 Å². The summed E-state index contributed by atoms with van der Waals surface area (Å²) < 4.78 is 39.6. The van der Waals surface area contributed by atoms with Crippen LogP contribution in [-0.4, -0.2) is 55.9 Å². The summed E-state index contributed by atoms with van der Waals surface area (Å²) in [5, 5.41) is 0. The number of ether oxygens (including phenoxy) is 2. The van der Waals surface area contributed by atoms with Crippen LogP contribution >= 0.6 is 0 Å². The number of benzene rings is 2. The first kappa shape index (κ1) is 26.0. The lowest BCUT2D eigenvalue weighted by Crippen LogP contribution is -2.51. The van der Waals surface area contributed by atoms with Gasteiger partial charge in [-0.15, -0.1) is 0 Å². The summed E-state index contributed by atoms with van der Waals surface area (Å²) in [6.45, 7) is 6.08. The molecule has 1 atom stereocenters. The van der Waals surface area contributed by atoms with E-state index < -0.39 is 16.1 Å². The fourth-order valence-corrected chi connectivity index (χ4v) is 7.59. The highest BCUT2D eigenvalue weighted by Crippen LogP contribution is 2.39. The first-order valence-corrected chi connectivity index (χ1v) is 14.8. The molecule has 3 aliphatic rings. The van der Waals surface area contributed by atoms with Gasteiger partial charge in [0.1, 0.15) is 17.5 Å². The van der Waals surface area contributed by atoms with Crippen molar-refractivity contribution in [1.29, 1.82) is 0 Å². The van der Waals surface area contributed by atoms with E-state index in [0.717, 1.165) is 43.4 Å². The second-order valence-corrected chi connectivity index (χ2v) is 13.2. The van der Waals surface area contributed by atoms with Crippen LogP contribution in [0.1, 0.15) is 63.5 Å². The summed E-state index contributed by atoms with van der Waals surface area (Å²) in [5.41, 5.74) is 2.50. The second kappa shape index (κ2) is 10.3. The Morgan fingerprint density at radius 2 is 1.84 bits per heavy atom. The van der Waals surface area contributed by atoms with E-state index in [4.69, 9.17) is 9.47 Å². The van der Waals surface area contributed by atoms with Gasteiger partial charge >= 0.3 is 0 Å². The van der Waals surface area contributed by atoms with Gasteiger partial charge in [-0.2, -0.15) is 4.31 Å². The smallest absolute Gasteiger partial charge is 0.243 e. The average Bonchev–Trinajstić information content (AvgIpc) is 3.57. The Labute approximate surface area is 220 Å². The third-order valence-electron chi connectivity index (χ3n) is 8.30. The Bertz CT molecular complexity index is 1230. The van der Waals surface area contributed by atoms with Gasteiger partial charge in [-0.25, -0.2) is 8.42 Å². The Hall–Kier alpha value is -2.58. The molecule has 1 aliphatic carbocycles. The minimum Gasteiger partial charge on any atom is -0.497 e. The number of fused-ring (bicyclic) bond motifs is 1. The molecule has 0 aromatic heterocycles. The molecule has 200 valence electrons.